The van der Waals surface area contributed by atoms with Crippen molar-refractivity contribution in [2.24, 2.45) is 0 Å². The maximum atomic E-state index is 12.6. The summed E-state index contributed by atoms with van der Waals surface area (Å²) in [6.45, 7) is 4.31. The van der Waals surface area contributed by atoms with Gasteiger partial charge in [0.1, 0.15) is 5.58 Å². The summed E-state index contributed by atoms with van der Waals surface area (Å²) in [5.41, 5.74) is 3.04. The van der Waals surface area contributed by atoms with Gasteiger partial charge in [-0.3, -0.25) is 9.59 Å². The van der Waals surface area contributed by atoms with Crippen molar-refractivity contribution in [3.63, 3.8) is 0 Å². The molecule has 4 rings (SSSR count). The summed E-state index contributed by atoms with van der Waals surface area (Å²) >= 11 is 0. The molecule has 1 saturated heterocycles. The fourth-order valence-electron chi connectivity index (χ4n) is 3.28. The molecule has 0 aliphatic carbocycles. The smallest absolute Gasteiger partial charge is 0.246 e. The zero-order valence-electron chi connectivity index (χ0n) is 15.7. The van der Waals surface area contributed by atoms with Crippen LogP contribution >= 0.6 is 0 Å². The summed E-state index contributed by atoms with van der Waals surface area (Å²) in [5, 5.41) is 0.836. The monoisotopic (exact) mass is 375 g/mol. The molecule has 5 nitrogen and oxygen atoms in total. The number of benzene rings is 2. The first kappa shape index (κ1) is 18.2. The summed E-state index contributed by atoms with van der Waals surface area (Å²) in [6.07, 6.45) is 1.66. The van der Waals surface area contributed by atoms with Crippen LogP contribution in [0.1, 0.15) is 28.6 Å². The molecule has 2 heterocycles. The van der Waals surface area contributed by atoms with Crippen molar-refractivity contribution in [1.82, 2.24) is 4.90 Å². The third-order valence-corrected chi connectivity index (χ3v) is 4.89. The number of amides is 1. The van der Waals surface area contributed by atoms with Crippen molar-refractivity contribution in [2.45, 2.75) is 6.92 Å². The van der Waals surface area contributed by atoms with Crippen LogP contribution in [-0.4, -0.2) is 42.9 Å². The Morgan fingerprint density at radius 3 is 2.46 bits per heavy atom. The second kappa shape index (κ2) is 7.82. The van der Waals surface area contributed by atoms with Gasteiger partial charge in [-0.25, -0.2) is 0 Å². The van der Waals surface area contributed by atoms with Crippen LogP contribution in [0.5, 0.6) is 0 Å². The predicted molar refractivity (Wildman–Crippen MR) is 107 cm³/mol. The van der Waals surface area contributed by atoms with Gasteiger partial charge in [0.25, 0.3) is 0 Å². The van der Waals surface area contributed by atoms with E-state index in [2.05, 4.69) is 0 Å². The second-order valence-electron chi connectivity index (χ2n) is 6.82. The van der Waals surface area contributed by atoms with Crippen LogP contribution in [0.2, 0.25) is 0 Å². The SMILES string of the molecule is C/C(=C\C(=O)N1CCOCC1)c1ccc2oc(C(=O)c3ccccc3)cc2c1. The first-order valence-corrected chi connectivity index (χ1v) is 9.30. The number of ether oxygens (including phenoxy) is 1. The number of hydrogen-bond acceptors (Lipinski definition) is 4. The van der Waals surface area contributed by atoms with Gasteiger partial charge in [-0.05, 0) is 36.3 Å². The summed E-state index contributed by atoms with van der Waals surface area (Å²) in [4.78, 5) is 26.8. The Balaban J connectivity index is 1.58. The molecule has 3 aromatic rings. The lowest BCUT2D eigenvalue weighted by Gasteiger charge is -2.25. The number of morpholine rings is 1. The molecule has 0 atom stereocenters. The molecule has 1 aromatic heterocycles. The Bertz CT molecular complexity index is 1040. The minimum Gasteiger partial charge on any atom is -0.453 e. The Kier molecular flexibility index (Phi) is 5.08. The van der Waals surface area contributed by atoms with Crippen LogP contribution in [0, 0.1) is 0 Å². The van der Waals surface area contributed by atoms with E-state index in [1.54, 1.807) is 29.2 Å². The zero-order chi connectivity index (χ0) is 19.5. The molecular weight excluding hydrogens is 354 g/mol. The molecule has 1 amide bonds. The Morgan fingerprint density at radius 2 is 1.71 bits per heavy atom. The Morgan fingerprint density at radius 1 is 0.964 bits per heavy atom. The van der Waals surface area contributed by atoms with Gasteiger partial charge in [-0.1, -0.05) is 36.4 Å². The standard InChI is InChI=1S/C23H21NO4/c1-16(13-22(25)24-9-11-27-12-10-24)18-7-8-20-19(14-18)15-21(28-20)23(26)17-5-3-2-4-6-17/h2-8,13-15H,9-12H2,1H3/b16-13+. The molecule has 1 fully saturated rings. The first-order chi connectivity index (χ1) is 13.6. The van der Waals surface area contributed by atoms with Crippen LogP contribution in [-0.2, 0) is 9.53 Å². The molecule has 0 spiro atoms. The van der Waals surface area contributed by atoms with E-state index in [1.165, 1.54) is 0 Å². The van der Waals surface area contributed by atoms with E-state index < -0.39 is 0 Å². The van der Waals surface area contributed by atoms with Crippen LogP contribution in [0.4, 0.5) is 0 Å². The maximum Gasteiger partial charge on any atom is 0.246 e. The van der Waals surface area contributed by atoms with Gasteiger partial charge in [-0.2, -0.15) is 0 Å². The zero-order valence-corrected chi connectivity index (χ0v) is 15.7. The van der Waals surface area contributed by atoms with E-state index in [0.29, 0.717) is 43.2 Å². The van der Waals surface area contributed by atoms with E-state index in [-0.39, 0.29) is 11.7 Å². The molecule has 28 heavy (non-hydrogen) atoms. The van der Waals surface area contributed by atoms with Crippen molar-refractivity contribution in [3.8, 4) is 0 Å². The Hall–Kier alpha value is -3.18. The highest BCUT2D eigenvalue weighted by Crippen LogP contribution is 2.25. The van der Waals surface area contributed by atoms with Crippen molar-refractivity contribution < 1.29 is 18.7 Å². The molecule has 5 heteroatoms. The summed E-state index contributed by atoms with van der Waals surface area (Å²) in [6, 6.07) is 16.5. The van der Waals surface area contributed by atoms with E-state index in [1.807, 2.05) is 43.3 Å². The number of hydrogen-bond donors (Lipinski definition) is 0. The van der Waals surface area contributed by atoms with Gasteiger partial charge in [0.15, 0.2) is 5.76 Å². The second-order valence-corrected chi connectivity index (χ2v) is 6.82. The summed E-state index contributed by atoms with van der Waals surface area (Å²) in [5.74, 6) is 0.158. The van der Waals surface area contributed by atoms with Crippen molar-refractivity contribution in [2.75, 3.05) is 26.3 Å². The number of carbonyl (C=O) groups excluding carboxylic acids is 2. The largest absolute Gasteiger partial charge is 0.453 e. The van der Waals surface area contributed by atoms with Crippen molar-refractivity contribution >= 4 is 28.2 Å². The first-order valence-electron chi connectivity index (χ1n) is 9.30. The average Bonchev–Trinajstić information content (AvgIpc) is 3.17. The molecule has 0 bridgehead atoms. The molecule has 0 radical (unpaired) electrons. The number of fused-ring (bicyclic) bond motifs is 1. The molecule has 1 aliphatic rings. The fraction of sp³-hybridized carbons (Fsp3) is 0.217. The number of rotatable bonds is 4. The quantitative estimate of drug-likeness (QED) is 0.512. The van der Waals surface area contributed by atoms with Gasteiger partial charge in [0.2, 0.25) is 11.7 Å². The van der Waals surface area contributed by atoms with Crippen LogP contribution in [0.25, 0.3) is 16.5 Å². The molecule has 0 N–H and O–H groups in total. The number of furan rings is 1. The minimum atomic E-state index is -0.145. The van der Waals surface area contributed by atoms with E-state index >= 15 is 0 Å². The highest BCUT2D eigenvalue weighted by Gasteiger charge is 2.17. The fourth-order valence-corrected chi connectivity index (χ4v) is 3.28. The minimum absolute atomic E-state index is 0.00645. The highest BCUT2D eigenvalue weighted by molar-refractivity contribution is 6.09. The van der Waals surface area contributed by atoms with Gasteiger partial charge in [0, 0.05) is 30.1 Å². The number of carbonyl (C=O) groups is 2. The highest BCUT2D eigenvalue weighted by atomic mass is 16.5. The van der Waals surface area contributed by atoms with Gasteiger partial charge < -0.3 is 14.1 Å². The van der Waals surface area contributed by atoms with Gasteiger partial charge in [0.05, 0.1) is 13.2 Å². The molecule has 142 valence electrons. The molecular formula is C23H21NO4. The number of ketones is 1. The molecule has 0 unspecified atom stereocenters. The topological polar surface area (TPSA) is 59.8 Å². The third-order valence-electron chi connectivity index (χ3n) is 4.89. The Labute approximate surface area is 163 Å². The van der Waals surface area contributed by atoms with Crippen LogP contribution < -0.4 is 0 Å². The summed E-state index contributed by atoms with van der Waals surface area (Å²) in [7, 11) is 0. The maximum absolute atomic E-state index is 12.6. The predicted octanol–water partition coefficient (Wildman–Crippen LogP) is 3.93. The van der Waals surface area contributed by atoms with E-state index in [9.17, 15) is 9.59 Å². The van der Waals surface area contributed by atoms with Crippen LogP contribution in [0.15, 0.2) is 65.1 Å². The lowest BCUT2D eigenvalue weighted by atomic mass is 10.0. The number of nitrogens with zero attached hydrogens (tertiary/aromatic N) is 1. The van der Waals surface area contributed by atoms with Gasteiger partial charge >= 0.3 is 0 Å². The van der Waals surface area contributed by atoms with Crippen LogP contribution in [0.3, 0.4) is 0 Å². The third kappa shape index (κ3) is 3.75. The van der Waals surface area contributed by atoms with Crippen molar-refractivity contribution in [3.05, 3.63) is 77.6 Å². The summed E-state index contributed by atoms with van der Waals surface area (Å²) < 4.78 is 11.0. The van der Waals surface area contributed by atoms with Crippen molar-refractivity contribution in [1.29, 1.82) is 0 Å². The lowest BCUT2D eigenvalue weighted by Crippen LogP contribution is -2.39. The molecule has 2 aromatic carbocycles. The number of allylic oxidation sites excluding steroid dienone is 1. The van der Waals surface area contributed by atoms with E-state index in [0.717, 1.165) is 16.5 Å². The normalized spacial score (nSPS) is 15.0. The lowest BCUT2D eigenvalue weighted by molar-refractivity contribution is -0.129. The molecule has 0 saturated carbocycles. The van der Waals surface area contributed by atoms with Gasteiger partial charge in [-0.15, -0.1) is 0 Å². The van der Waals surface area contributed by atoms with E-state index in [4.69, 9.17) is 9.15 Å². The molecule has 1 aliphatic heterocycles. The average molecular weight is 375 g/mol.